The van der Waals surface area contributed by atoms with E-state index in [1.807, 2.05) is 6.92 Å². The number of rotatable bonds is 3. The number of hydrogen-bond donors (Lipinski definition) is 1. The van der Waals surface area contributed by atoms with Crippen LogP contribution >= 0.6 is 0 Å². The molecule has 0 spiro atoms. The number of aliphatic hydroxyl groups excluding tert-OH is 1. The van der Waals surface area contributed by atoms with E-state index in [1.54, 1.807) is 30.0 Å². The summed E-state index contributed by atoms with van der Waals surface area (Å²) in [5, 5.41) is 13.4. The molecule has 0 saturated carbocycles. The normalized spacial score (nSPS) is 21.1. The van der Waals surface area contributed by atoms with Crippen molar-refractivity contribution in [2.24, 2.45) is 0 Å². The molecule has 1 aliphatic rings. The van der Waals surface area contributed by atoms with Gasteiger partial charge in [-0.2, -0.15) is 5.10 Å². The van der Waals surface area contributed by atoms with Gasteiger partial charge in [-0.15, -0.1) is 0 Å². The summed E-state index contributed by atoms with van der Waals surface area (Å²) < 4.78 is 20.9. The van der Waals surface area contributed by atoms with E-state index in [2.05, 4.69) is 5.10 Å². The molecule has 6 nitrogen and oxygen atoms in total. The SMILES string of the molecule is Cc1c(C(=O)N2CC(CO)OCC2C)cnn1-c1ccccc1F. The summed E-state index contributed by atoms with van der Waals surface area (Å²) in [5.74, 6) is -0.591. The first-order valence-electron chi connectivity index (χ1n) is 7.86. The van der Waals surface area contributed by atoms with Crippen LogP contribution < -0.4 is 0 Å². The molecular weight excluding hydrogens is 313 g/mol. The summed E-state index contributed by atoms with van der Waals surface area (Å²) in [6, 6.07) is 6.19. The fraction of sp³-hybridized carbons (Fsp3) is 0.412. The van der Waals surface area contributed by atoms with Gasteiger partial charge in [-0.25, -0.2) is 9.07 Å². The van der Waals surface area contributed by atoms with Gasteiger partial charge in [0.2, 0.25) is 0 Å². The highest BCUT2D eigenvalue weighted by atomic mass is 19.1. The maximum Gasteiger partial charge on any atom is 0.257 e. The Labute approximate surface area is 139 Å². The Balaban J connectivity index is 1.90. The first-order valence-corrected chi connectivity index (χ1v) is 7.86. The fourth-order valence-corrected chi connectivity index (χ4v) is 2.85. The van der Waals surface area contributed by atoms with Crippen LogP contribution in [0.25, 0.3) is 5.69 Å². The number of aromatic nitrogens is 2. The second-order valence-corrected chi connectivity index (χ2v) is 5.95. The largest absolute Gasteiger partial charge is 0.394 e. The summed E-state index contributed by atoms with van der Waals surface area (Å²) in [6.45, 7) is 4.19. The van der Waals surface area contributed by atoms with E-state index in [1.165, 1.54) is 16.9 Å². The lowest BCUT2D eigenvalue weighted by Crippen LogP contribution is -2.52. The lowest BCUT2D eigenvalue weighted by molar-refractivity contribution is -0.0667. The third-order valence-electron chi connectivity index (χ3n) is 4.29. The predicted molar refractivity (Wildman–Crippen MR) is 85.6 cm³/mol. The van der Waals surface area contributed by atoms with E-state index in [-0.39, 0.29) is 24.7 Å². The summed E-state index contributed by atoms with van der Waals surface area (Å²) in [6.07, 6.45) is 1.08. The number of aliphatic hydroxyl groups is 1. The molecule has 1 N–H and O–H groups in total. The molecule has 24 heavy (non-hydrogen) atoms. The van der Waals surface area contributed by atoms with Crippen LogP contribution in [-0.4, -0.2) is 57.6 Å². The van der Waals surface area contributed by atoms with Crippen LogP contribution in [0.4, 0.5) is 4.39 Å². The Bertz CT molecular complexity index is 746. The third kappa shape index (κ3) is 2.92. The number of morpholine rings is 1. The molecule has 1 saturated heterocycles. The number of halogens is 1. The van der Waals surface area contributed by atoms with Crippen LogP contribution in [0.1, 0.15) is 23.0 Å². The van der Waals surface area contributed by atoms with Crippen LogP contribution in [0.2, 0.25) is 0 Å². The van der Waals surface area contributed by atoms with E-state index in [0.29, 0.717) is 30.1 Å². The molecule has 1 amide bonds. The average molecular weight is 333 g/mol. The number of hydrogen-bond acceptors (Lipinski definition) is 4. The van der Waals surface area contributed by atoms with E-state index < -0.39 is 5.82 Å². The highest BCUT2D eigenvalue weighted by Gasteiger charge is 2.31. The van der Waals surface area contributed by atoms with Crippen molar-refractivity contribution >= 4 is 5.91 Å². The maximum atomic E-state index is 14.0. The minimum Gasteiger partial charge on any atom is -0.394 e. The van der Waals surface area contributed by atoms with Gasteiger partial charge in [-0.05, 0) is 26.0 Å². The van der Waals surface area contributed by atoms with Gasteiger partial charge in [0, 0.05) is 6.54 Å². The molecule has 1 aromatic carbocycles. The molecule has 1 aliphatic heterocycles. The van der Waals surface area contributed by atoms with E-state index in [9.17, 15) is 14.3 Å². The van der Waals surface area contributed by atoms with E-state index >= 15 is 0 Å². The zero-order chi connectivity index (χ0) is 17.3. The van der Waals surface area contributed by atoms with E-state index in [4.69, 9.17) is 4.74 Å². The van der Waals surface area contributed by atoms with Gasteiger partial charge in [-0.1, -0.05) is 12.1 Å². The third-order valence-corrected chi connectivity index (χ3v) is 4.29. The Morgan fingerprint density at radius 1 is 1.46 bits per heavy atom. The van der Waals surface area contributed by atoms with Gasteiger partial charge >= 0.3 is 0 Å². The first kappa shape index (κ1) is 16.6. The first-order chi connectivity index (χ1) is 11.5. The summed E-state index contributed by atoms with van der Waals surface area (Å²) in [4.78, 5) is 14.5. The molecule has 7 heteroatoms. The van der Waals surface area contributed by atoms with Crippen molar-refractivity contribution in [2.45, 2.75) is 26.0 Å². The minimum atomic E-state index is -0.400. The Hall–Kier alpha value is -2.25. The van der Waals surface area contributed by atoms with Crippen molar-refractivity contribution in [3.05, 3.63) is 47.5 Å². The van der Waals surface area contributed by atoms with Crippen molar-refractivity contribution in [1.29, 1.82) is 0 Å². The molecule has 2 unspecified atom stereocenters. The fourth-order valence-electron chi connectivity index (χ4n) is 2.85. The lowest BCUT2D eigenvalue weighted by atomic mass is 10.1. The second kappa shape index (κ2) is 6.70. The predicted octanol–water partition coefficient (Wildman–Crippen LogP) is 1.54. The summed E-state index contributed by atoms with van der Waals surface area (Å²) in [7, 11) is 0. The topological polar surface area (TPSA) is 67.6 Å². The monoisotopic (exact) mass is 333 g/mol. The number of carbonyl (C=O) groups is 1. The number of carbonyl (C=O) groups excluding carboxylic acids is 1. The number of nitrogens with zero attached hydrogens (tertiary/aromatic N) is 3. The van der Waals surface area contributed by atoms with Crippen molar-refractivity contribution in [3.8, 4) is 5.69 Å². The number of amides is 1. The number of ether oxygens (including phenoxy) is 1. The van der Waals surface area contributed by atoms with Gasteiger partial charge in [0.25, 0.3) is 5.91 Å². The van der Waals surface area contributed by atoms with Crippen LogP contribution in [0.5, 0.6) is 0 Å². The number of benzene rings is 1. The minimum absolute atomic E-state index is 0.100. The van der Waals surface area contributed by atoms with E-state index in [0.717, 1.165) is 0 Å². The molecule has 3 rings (SSSR count). The average Bonchev–Trinajstić information content (AvgIpc) is 2.96. The Morgan fingerprint density at radius 3 is 2.92 bits per heavy atom. The smallest absolute Gasteiger partial charge is 0.257 e. The zero-order valence-corrected chi connectivity index (χ0v) is 13.6. The molecule has 2 heterocycles. The zero-order valence-electron chi connectivity index (χ0n) is 13.6. The van der Waals surface area contributed by atoms with Gasteiger partial charge in [-0.3, -0.25) is 4.79 Å². The molecule has 1 aromatic heterocycles. The molecular formula is C17H20FN3O3. The van der Waals surface area contributed by atoms with Crippen LogP contribution in [0.3, 0.4) is 0 Å². The maximum absolute atomic E-state index is 14.0. The number of para-hydroxylation sites is 1. The van der Waals surface area contributed by atoms with Crippen molar-refractivity contribution in [1.82, 2.24) is 14.7 Å². The van der Waals surface area contributed by atoms with Gasteiger partial charge in [0.1, 0.15) is 11.5 Å². The Kier molecular flexibility index (Phi) is 4.64. The van der Waals surface area contributed by atoms with Crippen molar-refractivity contribution in [3.63, 3.8) is 0 Å². The molecule has 2 aromatic rings. The summed E-state index contributed by atoms with van der Waals surface area (Å²) >= 11 is 0. The van der Waals surface area contributed by atoms with Gasteiger partial charge < -0.3 is 14.7 Å². The van der Waals surface area contributed by atoms with Crippen LogP contribution in [0.15, 0.2) is 30.5 Å². The quantitative estimate of drug-likeness (QED) is 0.925. The molecule has 0 radical (unpaired) electrons. The highest BCUT2D eigenvalue weighted by molar-refractivity contribution is 5.95. The summed E-state index contributed by atoms with van der Waals surface area (Å²) in [5.41, 5.74) is 1.30. The highest BCUT2D eigenvalue weighted by Crippen LogP contribution is 2.21. The lowest BCUT2D eigenvalue weighted by Gasteiger charge is -2.37. The molecule has 1 fully saturated rings. The molecule has 128 valence electrons. The van der Waals surface area contributed by atoms with Crippen LogP contribution in [0, 0.1) is 12.7 Å². The Morgan fingerprint density at radius 2 is 2.21 bits per heavy atom. The molecule has 0 bridgehead atoms. The van der Waals surface area contributed by atoms with Gasteiger partial charge in [0.05, 0.1) is 42.8 Å². The second-order valence-electron chi connectivity index (χ2n) is 5.95. The molecule has 0 aliphatic carbocycles. The standard InChI is InChI=1S/C17H20FN3O3/c1-11-10-24-13(9-22)8-20(11)17(23)14-7-19-21(12(14)2)16-6-4-3-5-15(16)18/h3-7,11,13,22H,8-10H2,1-2H3. The van der Waals surface area contributed by atoms with Gasteiger partial charge in [0.15, 0.2) is 0 Å². The van der Waals surface area contributed by atoms with Crippen LogP contribution in [-0.2, 0) is 4.74 Å². The van der Waals surface area contributed by atoms with Crippen molar-refractivity contribution < 1.29 is 19.0 Å². The van der Waals surface area contributed by atoms with Crippen molar-refractivity contribution in [2.75, 3.05) is 19.8 Å². The molecule has 2 atom stereocenters.